The van der Waals surface area contributed by atoms with Crippen molar-refractivity contribution in [2.75, 3.05) is 24.5 Å². The van der Waals surface area contributed by atoms with E-state index in [0.29, 0.717) is 5.92 Å². The molecule has 1 fully saturated rings. The molecule has 0 amide bonds. The van der Waals surface area contributed by atoms with Gasteiger partial charge >= 0.3 is 0 Å². The summed E-state index contributed by atoms with van der Waals surface area (Å²) in [7, 11) is 0. The molecule has 0 spiro atoms. The quantitative estimate of drug-likeness (QED) is 0.689. The van der Waals surface area contributed by atoms with Gasteiger partial charge in [0.25, 0.3) is 0 Å². The highest BCUT2D eigenvalue weighted by Gasteiger charge is 2.22. The highest BCUT2D eigenvalue weighted by Crippen LogP contribution is 2.28. The first kappa shape index (κ1) is 15.2. The maximum Gasteiger partial charge on any atom is 0.245 e. The molecule has 2 aromatic rings. The van der Waals surface area contributed by atoms with E-state index in [0.717, 1.165) is 51.4 Å². The summed E-state index contributed by atoms with van der Waals surface area (Å²) in [6.07, 6.45) is 2.36. The van der Waals surface area contributed by atoms with Crippen LogP contribution in [0, 0.1) is 9.49 Å². The molecule has 0 aliphatic carbocycles. The largest absolute Gasteiger partial charge is 0.339 e. The molecule has 1 aliphatic heterocycles. The second-order valence-electron chi connectivity index (χ2n) is 5.30. The van der Waals surface area contributed by atoms with Gasteiger partial charge in [-0.05, 0) is 66.1 Å². The molecule has 3 N–H and O–H groups in total. The average Bonchev–Trinajstić information content (AvgIpc) is 2.99. The number of rotatable bonds is 3. The van der Waals surface area contributed by atoms with E-state index in [1.54, 1.807) is 0 Å². The Kier molecular flexibility index (Phi) is 4.80. The van der Waals surface area contributed by atoms with Crippen LogP contribution in [0.25, 0.3) is 11.4 Å². The Bertz CT molecular complexity index is 630. The molecule has 5 nitrogen and oxygen atoms in total. The first-order chi connectivity index (χ1) is 10.2. The average molecular weight is 462 g/mol. The van der Waals surface area contributed by atoms with E-state index in [4.69, 9.17) is 5.73 Å². The molecule has 0 radical (unpaired) electrons. The highest BCUT2D eigenvalue weighted by molar-refractivity contribution is 14.1. The first-order valence-corrected chi connectivity index (χ1v) is 8.87. The van der Waals surface area contributed by atoms with E-state index in [1.165, 1.54) is 6.42 Å². The summed E-state index contributed by atoms with van der Waals surface area (Å²) in [4.78, 5) is 6.90. The van der Waals surface area contributed by atoms with Crippen molar-refractivity contribution in [3.05, 3.63) is 26.2 Å². The minimum atomic E-state index is 0.548. The molecule has 0 saturated carbocycles. The fraction of sp³-hybridized carbons (Fsp3) is 0.429. The number of H-pyrrole nitrogens is 1. The number of anilines is 1. The normalized spacial score (nSPS) is 19.0. The van der Waals surface area contributed by atoms with Crippen molar-refractivity contribution in [2.45, 2.75) is 12.8 Å². The number of nitrogens with two attached hydrogens (primary N) is 1. The van der Waals surface area contributed by atoms with Gasteiger partial charge in [-0.25, -0.2) is 0 Å². The highest BCUT2D eigenvalue weighted by atomic mass is 127. The number of hydrogen-bond acceptors (Lipinski definition) is 4. The van der Waals surface area contributed by atoms with Crippen molar-refractivity contribution < 1.29 is 0 Å². The minimum Gasteiger partial charge on any atom is -0.339 e. The number of aromatic amines is 1. The van der Waals surface area contributed by atoms with E-state index < -0.39 is 0 Å². The summed E-state index contributed by atoms with van der Waals surface area (Å²) < 4.78 is 2.19. The number of nitrogens with one attached hydrogen (secondary N) is 1. The topological polar surface area (TPSA) is 70.8 Å². The first-order valence-electron chi connectivity index (χ1n) is 7.00. The Morgan fingerprint density at radius 1 is 1.48 bits per heavy atom. The Hall–Kier alpha value is -0.670. The molecule has 7 heteroatoms. The van der Waals surface area contributed by atoms with Gasteiger partial charge in [-0.2, -0.15) is 4.98 Å². The summed E-state index contributed by atoms with van der Waals surface area (Å²) in [5.74, 6) is 2.14. The van der Waals surface area contributed by atoms with Gasteiger partial charge in [-0.15, -0.1) is 5.10 Å². The Labute approximate surface area is 146 Å². The summed E-state index contributed by atoms with van der Waals surface area (Å²) in [6, 6.07) is 6.15. The zero-order valence-electron chi connectivity index (χ0n) is 11.5. The minimum absolute atomic E-state index is 0.548. The predicted octanol–water partition coefficient (Wildman–Crippen LogP) is 3.01. The Balaban J connectivity index is 1.84. The zero-order valence-corrected chi connectivity index (χ0v) is 15.3. The SMILES string of the molecule is NCC1CCCN(c2n[nH]c(-c3cc(Br)ccc3I)n2)C1. The number of nitrogens with zero attached hydrogens (tertiary/aromatic N) is 3. The third-order valence-corrected chi connectivity index (χ3v) is 5.23. The smallest absolute Gasteiger partial charge is 0.245 e. The predicted molar refractivity (Wildman–Crippen MR) is 96.2 cm³/mol. The molecule has 1 aromatic heterocycles. The molecular formula is C14H17BrIN5. The van der Waals surface area contributed by atoms with Crippen LogP contribution in [0.15, 0.2) is 22.7 Å². The number of benzene rings is 1. The molecule has 112 valence electrons. The van der Waals surface area contributed by atoms with Crippen LogP contribution < -0.4 is 10.6 Å². The summed E-state index contributed by atoms with van der Waals surface area (Å²) in [6.45, 7) is 2.68. The van der Waals surface area contributed by atoms with Crippen LogP contribution in [0.5, 0.6) is 0 Å². The third kappa shape index (κ3) is 3.40. The fourth-order valence-electron chi connectivity index (χ4n) is 2.63. The Morgan fingerprint density at radius 2 is 2.33 bits per heavy atom. The van der Waals surface area contributed by atoms with Gasteiger partial charge in [-0.3, -0.25) is 5.10 Å². The van der Waals surface area contributed by atoms with Gasteiger partial charge in [0.05, 0.1) is 0 Å². The lowest BCUT2D eigenvalue weighted by atomic mass is 9.99. The molecule has 1 aromatic carbocycles. The molecule has 1 aliphatic rings. The summed E-state index contributed by atoms with van der Waals surface area (Å²) in [5, 5.41) is 7.45. The molecule has 21 heavy (non-hydrogen) atoms. The number of hydrogen-bond donors (Lipinski definition) is 2. The maximum absolute atomic E-state index is 5.79. The van der Waals surface area contributed by atoms with E-state index in [-0.39, 0.29) is 0 Å². The van der Waals surface area contributed by atoms with Gasteiger partial charge in [0.2, 0.25) is 5.95 Å². The molecule has 3 rings (SSSR count). The number of halogens is 2. The van der Waals surface area contributed by atoms with Crippen LogP contribution in [-0.4, -0.2) is 34.8 Å². The second kappa shape index (κ2) is 6.62. The van der Waals surface area contributed by atoms with Crippen molar-refractivity contribution in [3.8, 4) is 11.4 Å². The van der Waals surface area contributed by atoms with E-state index in [9.17, 15) is 0 Å². The van der Waals surface area contributed by atoms with Crippen LogP contribution in [0.1, 0.15) is 12.8 Å². The lowest BCUT2D eigenvalue weighted by Crippen LogP contribution is -2.38. The summed E-state index contributed by atoms with van der Waals surface area (Å²) >= 11 is 5.82. The van der Waals surface area contributed by atoms with Crippen LogP contribution in [0.4, 0.5) is 5.95 Å². The summed E-state index contributed by atoms with van der Waals surface area (Å²) in [5.41, 5.74) is 6.86. The molecule has 0 bridgehead atoms. The standard InChI is InChI=1S/C14H17BrIN5/c15-10-3-4-12(16)11(6-10)13-18-14(20-19-13)21-5-1-2-9(7-17)8-21/h3-4,6,9H,1-2,5,7-8,17H2,(H,18,19,20). The fourth-order valence-corrected chi connectivity index (χ4v) is 3.58. The van der Waals surface area contributed by atoms with Gasteiger partial charge in [0, 0.05) is 26.7 Å². The van der Waals surface area contributed by atoms with Crippen LogP contribution in [0.3, 0.4) is 0 Å². The van der Waals surface area contributed by atoms with Gasteiger partial charge < -0.3 is 10.6 Å². The van der Waals surface area contributed by atoms with E-state index in [2.05, 4.69) is 70.7 Å². The van der Waals surface area contributed by atoms with Crippen LogP contribution >= 0.6 is 38.5 Å². The van der Waals surface area contributed by atoms with Gasteiger partial charge in [-0.1, -0.05) is 15.9 Å². The molecule has 1 unspecified atom stereocenters. The monoisotopic (exact) mass is 461 g/mol. The maximum atomic E-state index is 5.79. The van der Waals surface area contributed by atoms with Crippen molar-refractivity contribution in [1.82, 2.24) is 15.2 Å². The number of piperidine rings is 1. The third-order valence-electron chi connectivity index (χ3n) is 3.79. The van der Waals surface area contributed by atoms with E-state index in [1.807, 2.05) is 6.07 Å². The Morgan fingerprint density at radius 3 is 3.14 bits per heavy atom. The second-order valence-corrected chi connectivity index (χ2v) is 7.38. The molecule has 1 saturated heterocycles. The number of aromatic nitrogens is 3. The lowest BCUT2D eigenvalue weighted by molar-refractivity contribution is 0.420. The van der Waals surface area contributed by atoms with Crippen LogP contribution in [0.2, 0.25) is 0 Å². The molecule has 2 heterocycles. The van der Waals surface area contributed by atoms with Crippen molar-refractivity contribution in [3.63, 3.8) is 0 Å². The van der Waals surface area contributed by atoms with Crippen molar-refractivity contribution >= 4 is 44.5 Å². The van der Waals surface area contributed by atoms with Gasteiger partial charge in [0.15, 0.2) is 5.82 Å². The lowest BCUT2D eigenvalue weighted by Gasteiger charge is -2.31. The van der Waals surface area contributed by atoms with E-state index >= 15 is 0 Å². The molecular weight excluding hydrogens is 445 g/mol. The van der Waals surface area contributed by atoms with Crippen molar-refractivity contribution in [2.24, 2.45) is 11.7 Å². The molecule has 1 atom stereocenters. The van der Waals surface area contributed by atoms with Crippen molar-refractivity contribution in [1.29, 1.82) is 0 Å². The zero-order chi connectivity index (χ0) is 14.8. The van der Waals surface area contributed by atoms with Crippen LogP contribution in [-0.2, 0) is 0 Å². The van der Waals surface area contributed by atoms with Gasteiger partial charge in [0.1, 0.15) is 0 Å².